The van der Waals surface area contributed by atoms with Crippen LogP contribution in [-0.2, 0) is 14.4 Å². The maximum atomic E-state index is 11.5. The maximum absolute atomic E-state index is 11.5. The molecule has 0 aromatic rings. The first-order valence-corrected chi connectivity index (χ1v) is 4.48. The predicted octanol–water partition coefficient (Wildman–Crippen LogP) is 1.73. The number of allylic oxidation sites excluding steroid dienone is 1. The fourth-order valence-corrected chi connectivity index (χ4v) is 0.498. The highest BCUT2D eigenvalue weighted by molar-refractivity contribution is 5.92. The van der Waals surface area contributed by atoms with Crippen LogP contribution in [0.5, 0.6) is 0 Å². The molecule has 3 N–H and O–H groups in total. The quantitative estimate of drug-likeness (QED) is 0.668. The fraction of sp³-hybridized carbons (Fsp3) is 0.300. The third-order valence-corrected chi connectivity index (χ3v) is 1.58. The van der Waals surface area contributed by atoms with Crippen molar-refractivity contribution < 1.29 is 38.5 Å². The maximum Gasteiger partial charge on any atom is 0.337 e. The topological polar surface area (TPSA) is 112 Å². The summed E-state index contributed by atoms with van der Waals surface area (Å²) in [4.78, 5) is 29.5. The van der Waals surface area contributed by atoms with Crippen LogP contribution in [0.1, 0.15) is 20.3 Å². The average Bonchev–Trinajstić information content (AvgIpc) is 2.24. The van der Waals surface area contributed by atoms with E-state index in [4.69, 9.17) is 15.3 Å². The molecule has 0 aromatic heterocycles. The Kier molecular flexibility index (Phi) is 8.91. The van der Waals surface area contributed by atoms with Gasteiger partial charge in [-0.15, -0.1) is 0 Å². The van der Waals surface area contributed by atoms with E-state index in [1.165, 1.54) is 0 Å². The second kappa shape index (κ2) is 8.85. The number of carboxylic acids is 3. The van der Waals surface area contributed by atoms with Crippen LogP contribution in [0.4, 0.5) is 8.78 Å². The molecule has 0 amide bonds. The van der Waals surface area contributed by atoms with E-state index >= 15 is 0 Å². The lowest BCUT2D eigenvalue weighted by molar-refractivity contribution is -0.140. The molecule has 18 heavy (non-hydrogen) atoms. The Labute approximate surface area is 101 Å². The molecular weight excluding hydrogens is 254 g/mol. The van der Waals surface area contributed by atoms with Gasteiger partial charge in [0.05, 0.1) is 6.42 Å². The van der Waals surface area contributed by atoms with Crippen LogP contribution >= 0.6 is 0 Å². The van der Waals surface area contributed by atoms with Crippen molar-refractivity contribution in [1.82, 2.24) is 0 Å². The summed E-state index contributed by atoms with van der Waals surface area (Å²) in [6.45, 7) is 3.26. The van der Waals surface area contributed by atoms with E-state index in [-0.39, 0.29) is 0 Å². The standard InChI is InChI=1S/C5H4F2O4.C5H8O2/c6-4(7)2(5(10)11)1-3(8)9;1-3-4(2)5(6)7/h1H2,(H,8,9)(H,10,11);3H,1-2H3,(H,6,7). The van der Waals surface area contributed by atoms with Crippen LogP contribution in [0, 0.1) is 0 Å². The van der Waals surface area contributed by atoms with Crippen LogP contribution < -0.4 is 0 Å². The molecule has 0 bridgehead atoms. The monoisotopic (exact) mass is 266 g/mol. The molecule has 0 aliphatic rings. The second-order valence-electron chi connectivity index (χ2n) is 2.89. The van der Waals surface area contributed by atoms with Gasteiger partial charge >= 0.3 is 17.9 Å². The van der Waals surface area contributed by atoms with Crippen LogP contribution in [0.15, 0.2) is 23.3 Å². The SMILES string of the molecule is CC=C(C)C(=O)O.O=C(O)CC(C(=O)O)=C(F)F. The lowest BCUT2D eigenvalue weighted by Gasteiger charge is -1.94. The van der Waals surface area contributed by atoms with Crippen LogP contribution in [0.2, 0.25) is 0 Å². The van der Waals surface area contributed by atoms with Gasteiger partial charge in [0.1, 0.15) is 5.57 Å². The third kappa shape index (κ3) is 9.01. The van der Waals surface area contributed by atoms with Gasteiger partial charge in [-0.2, -0.15) is 8.78 Å². The molecule has 0 aliphatic heterocycles. The molecular formula is C10H12F2O6. The van der Waals surface area contributed by atoms with Gasteiger partial charge in [-0.1, -0.05) is 6.08 Å². The number of halogens is 2. The van der Waals surface area contributed by atoms with Gasteiger partial charge in [0.2, 0.25) is 0 Å². The summed E-state index contributed by atoms with van der Waals surface area (Å²) < 4.78 is 23.1. The first-order valence-electron chi connectivity index (χ1n) is 4.48. The Morgan fingerprint density at radius 1 is 1.06 bits per heavy atom. The Bertz CT molecular complexity index is 393. The number of carboxylic acid groups (broad SMARTS) is 3. The third-order valence-electron chi connectivity index (χ3n) is 1.58. The molecule has 0 atom stereocenters. The number of hydrogen-bond acceptors (Lipinski definition) is 3. The first kappa shape index (κ1) is 18.1. The molecule has 8 heteroatoms. The highest BCUT2D eigenvalue weighted by Gasteiger charge is 2.17. The summed E-state index contributed by atoms with van der Waals surface area (Å²) in [5.74, 6) is -4.36. The van der Waals surface area contributed by atoms with Crippen molar-refractivity contribution in [2.45, 2.75) is 20.3 Å². The summed E-state index contributed by atoms with van der Waals surface area (Å²) in [6.07, 6.45) is -2.08. The van der Waals surface area contributed by atoms with Gasteiger partial charge in [-0.05, 0) is 13.8 Å². The molecule has 0 aliphatic carbocycles. The van der Waals surface area contributed by atoms with Crippen molar-refractivity contribution in [3.63, 3.8) is 0 Å². The zero-order valence-corrected chi connectivity index (χ0v) is 9.61. The molecule has 0 heterocycles. The Morgan fingerprint density at radius 2 is 1.50 bits per heavy atom. The second-order valence-corrected chi connectivity index (χ2v) is 2.89. The molecule has 0 saturated heterocycles. The highest BCUT2D eigenvalue weighted by atomic mass is 19.3. The molecule has 6 nitrogen and oxygen atoms in total. The lowest BCUT2D eigenvalue weighted by atomic mass is 10.2. The number of hydrogen-bond donors (Lipinski definition) is 3. The summed E-state index contributed by atoms with van der Waals surface area (Å²) in [5, 5.41) is 24.1. The van der Waals surface area contributed by atoms with E-state index < -0.39 is 36.0 Å². The van der Waals surface area contributed by atoms with E-state index in [0.29, 0.717) is 5.57 Å². The molecule has 0 rings (SSSR count). The summed E-state index contributed by atoms with van der Waals surface area (Å²) >= 11 is 0. The molecule has 0 aromatic carbocycles. The van der Waals surface area contributed by atoms with Crippen molar-refractivity contribution in [2.24, 2.45) is 0 Å². The molecule has 0 fully saturated rings. The summed E-state index contributed by atoms with van der Waals surface area (Å²) in [5.41, 5.74) is -0.988. The van der Waals surface area contributed by atoms with Crippen molar-refractivity contribution in [1.29, 1.82) is 0 Å². The van der Waals surface area contributed by atoms with Crippen molar-refractivity contribution >= 4 is 17.9 Å². The smallest absolute Gasteiger partial charge is 0.337 e. The lowest BCUT2D eigenvalue weighted by Crippen LogP contribution is -2.07. The van der Waals surface area contributed by atoms with Crippen molar-refractivity contribution in [3.8, 4) is 0 Å². The van der Waals surface area contributed by atoms with Gasteiger partial charge in [0.25, 0.3) is 6.08 Å². The average molecular weight is 266 g/mol. The minimum atomic E-state index is -2.47. The van der Waals surface area contributed by atoms with E-state index in [1.54, 1.807) is 19.9 Å². The molecule has 0 unspecified atom stereocenters. The first-order chi connectivity index (χ1) is 8.13. The van der Waals surface area contributed by atoms with Gasteiger partial charge in [-0.25, -0.2) is 9.59 Å². The zero-order valence-electron chi connectivity index (χ0n) is 9.61. The molecule has 0 saturated carbocycles. The Morgan fingerprint density at radius 3 is 1.56 bits per heavy atom. The minimum Gasteiger partial charge on any atom is -0.481 e. The minimum absolute atomic E-state index is 0.389. The van der Waals surface area contributed by atoms with Gasteiger partial charge in [0.15, 0.2) is 0 Å². The van der Waals surface area contributed by atoms with Gasteiger partial charge in [-0.3, -0.25) is 4.79 Å². The summed E-state index contributed by atoms with van der Waals surface area (Å²) in [6, 6.07) is 0. The summed E-state index contributed by atoms with van der Waals surface area (Å²) in [7, 11) is 0. The van der Waals surface area contributed by atoms with Gasteiger partial charge in [0, 0.05) is 5.57 Å². The number of aliphatic carboxylic acids is 3. The fourth-order valence-electron chi connectivity index (χ4n) is 0.498. The number of carbonyl (C=O) groups is 3. The molecule has 102 valence electrons. The molecule has 0 radical (unpaired) electrons. The van der Waals surface area contributed by atoms with Gasteiger partial charge < -0.3 is 15.3 Å². The molecule has 0 spiro atoms. The normalized spacial score (nSPS) is 9.89. The van der Waals surface area contributed by atoms with Crippen LogP contribution in [0.3, 0.4) is 0 Å². The number of rotatable bonds is 4. The van der Waals surface area contributed by atoms with Crippen LogP contribution in [0.25, 0.3) is 0 Å². The van der Waals surface area contributed by atoms with Crippen molar-refractivity contribution in [3.05, 3.63) is 23.3 Å². The zero-order chi connectivity index (χ0) is 14.9. The van der Waals surface area contributed by atoms with Crippen LogP contribution in [-0.4, -0.2) is 33.2 Å². The van der Waals surface area contributed by atoms with E-state index in [1.807, 2.05) is 0 Å². The Hall–Kier alpha value is -2.25. The van der Waals surface area contributed by atoms with E-state index in [9.17, 15) is 23.2 Å². The predicted molar refractivity (Wildman–Crippen MR) is 56.2 cm³/mol. The highest BCUT2D eigenvalue weighted by Crippen LogP contribution is 2.11. The van der Waals surface area contributed by atoms with E-state index in [0.717, 1.165) is 0 Å². The van der Waals surface area contributed by atoms with Crippen molar-refractivity contribution in [2.75, 3.05) is 0 Å². The Balaban J connectivity index is 0. The largest absolute Gasteiger partial charge is 0.481 e. The van der Waals surface area contributed by atoms with E-state index in [2.05, 4.69) is 0 Å².